The minimum absolute atomic E-state index is 0.938. The van der Waals surface area contributed by atoms with Crippen LogP contribution < -0.4 is 0 Å². The molecule has 56 valence electrons. The van der Waals surface area contributed by atoms with E-state index in [2.05, 4.69) is 10.2 Å². The first-order chi connectivity index (χ1) is 5.36. The first kappa shape index (κ1) is 6.22. The predicted molar refractivity (Wildman–Crippen MR) is 42.7 cm³/mol. The summed E-state index contributed by atoms with van der Waals surface area (Å²) in [5.41, 5.74) is 1.08. The van der Waals surface area contributed by atoms with Crippen molar-refractivity contribution in [1.82, 2.24) is 14.8 Å². The molecule has 0 aliphatic heterocycles. The zero-order valence-corrected chi connectivity index (χ0v) is 6.28. The van der Waals surface area contributed by atoms with Crippen molar-refractivity contribution in [3.05, 3.63) is 36.3 Å². The maximum absolute atomic E-state index is 4.10. The van der Waals surface area contributed by atoms with Crippen molar-refractivity contribution >= 4 is 0 Å². The van der Waals surface area contributed by atoms with Gasteiger partial charge in [-0.2, -0.15) is 5.10 Å². The number of hydrogen-bond donors (Lipinski definition) is 1. The molecule has 0 aliphatic carbocycles. The third-order valence-electron chi connectivity index (χ3n) is 1.56. The lowest BCUT2D eigenvalue weighted by atomic mass is 10.5. The summed E-state index contributed by atoms with van der Waals surface area (Å²) in [6.07, 6.45) is 3.94. The Kier molecular flexibility index (Phi) is 1.28. The molecular weight excluding hydrogens is 138 g/mol. The van der Waals surface area contributed by atoms with Gasteiger partial charge in [0.2, 0.25) is 0 Å². The van der Waals surface area contributed by atoms with E-state index in [1.165, 1.54) is 0 Å². The number of H-pyrrole nitrogens is 1. The Balaban J connectivity index is 2.45. The number of aryl methyl sites for hydroxylation is 1. The maximum Gasteiger partial charge on any atom is 0.158 e. The fraction of sp³-hybridized carbons (Fsp3) is 0.125. The van der Waals surface area contributed by atoms with E-state index < -0.39 is 0 Å². The van der Waals surface area contributed by atoms with Gasteiger partial charge in [0.15, 0.2) is 5.82 Å². The number of nitrogens with zero attached hydrogens (tertiary/aromatic N) is 2. The quantitative estimate of drug-likeness (QED) is 0.651. The average molecular weight is 147 g/mol. The first-order valence-corrected chi connectivity index (χ1v) is 3.51. The third-order valence-corrected chi connectivity index (χ3v) is 1.56. The Morgan fingerprint density at radius 1 is 1.36 bits per heavy atom. The Morgan fingerprint density at radius 3 is 2.64 bits per heavy atom. The Morgan fingerprint density at radius 2 is 2.09 bits per heavy atom. The van der Waals surface area contributed by atoms with Gasteiger partial charge >= 0.3 is 0 Å². The molecule has 2 heterocycles. The monoisotopic (exact) mass is 147 g/mol. The van der Waals surface area contributed by atoms with Crippen LogP contribution in [-0.4, -0.2) is 14.8 Å². The third kappa shape index (κ3) is 1.05. The minimum Gasteiger partial charge on any atom is -0.307 e. The van der Waals surface area contributed by atoms with Gasteiger partial charge < -0.3 is 4.57 Å². The van der Waals surface area contributed by atoms with Crippen LogP contribution in [0, 0.1) is 6.92 Å². The normalized spacial score (nSPS) is 10.3. The highest BCUT2D eigenvalue weighted by atomic mass is 15.2. The summed E-state index contributed by atoms with van der Waals surface area (Å²) < 4.78 is 1.96. The van der Waals surface area contributed by atoms with Crippen molar-refractivity contribution in [3.63, 3.8) is 0 Å². The minimum atomic E-state index is 0.938. The van der Waals surface area contributed by atoms with E-state index in [0.717, 1.165) is 11.5 Å². The maximum atomic E-state index is 4.10. The second-order valence-electron chi connectivity index (χ2n) is 2.50. The molecule has 0 radical (unpaired) electrons. The van der Waals surface area contributed by atoms with Crippen molar-refractivity contribution in [2.45, 2.75) is 6.92 Å². The van der Waals surface area contributed by atoms with Crippen LogP contribution in [0.1, 0.15) is 5.69 Å². The molecule has 0 aliphatic rings. The molecule has 0 saturated carbocycles. The molecule has 0 unspecified atom stereocenters. The van der Waals surface area contributed by atoms with Crippen LogP contribution in [0.2, 0.25) is 0 Å². The van der Waals surface area contributed by atoms with Gasteiger partial charge in [0, 0.05) is 24.2 Å². The van der Waals surface area contributed by atoms with Crippen LogP contribution in [0.25, 0.3) is 5.82 Å². The van der Waals surface area contributed by atoms with E-state index >= 15 is 0 Å². The molecule has 0 aromatic carbocycles. The summed E-state index contributed by atoms with van der Waals surface area (Å²) in [4.78, 5) is 0. The Labute approximate surface area is 64.7 Å². The highest BCUT2D eigenvalue weighted by Gasteiger charge is 1.96. The van der Waals surface area contributed by atoms with Gasteiger partial charge in [-0.15, -0.1) is 0 Å². The molecule has 0 amide bonds. The van der Waals surface area contributed by atoms with Gasteiger partial charge in [-0.25, -0.2) is 0 Å². The molecule has 3 nitrogen and oxygen atoms in total. The van der Waals surface area contributed by atoms with Crippen LogP contribution in [0.15, 0.2) is 30.6 Å². The Hall–Kier alpha value is -1.51. The summed E-state index contributed by atoms with van der Waals surface area (Å²) in [7, 11) is 0. The van der Waals surface area contributed by atoms with E-state index in [-0.39, 0.29) is 0 Å². The number of nitrogens with one attached hydrogen (secondary N) is 1. The highest BCUT2D eigenvalue weighted by molar-refractivity contribution is 5.24. The number of aromatic nitrogens is 3. The van der Waals surface area contributed by atoms with Gasteiger partial charge in [-0.3, -0.25) is 5.10 Å². The molecule has 2 rings (SSSR count). The second-order valence-corrected chi connectivity index (χ2v) is 2.50. The number of aromatic amines is 1. The molecule has 0 atom stereocenters. The summed E-state index contributed by atoms with van der Waals surface area (Å²) in [5, 5.41) is 6.98. The fourth-order valence-corrected chi connectivity index (χ4v) is 1.02. The fourth-order valence-electron chi connectivity index (χ4n) is 1.02. The zero-order chi connectivity index (χ0) is 7.68. The van der Waals surface area contributed by atoms with Crippen molar-refractivity contribution in [1.29, 1.82) is 0 Å². The summed E-state index contributed by atoms with van der Waals surface area (Å²) in [6.45, 7) is 1.99. The van der Waals surface area contributed by atoms with Crippen molar-refractivity contribution in [2.75, 3.05) is 0 Å². The first-order valence-electron chi connectivity index (χ1n) is 3.51. The van der Waals surface area contributed by atoms with Crippen LogP contribution in [-0.2, 0) is 0 Å². The number of hydrogen-bond acceptors (Lipinski definition) is 1. The van der Waals surface area contributed by atoms with E-state index in [1.807, 2.05) is 42.1 Å². The SMILES string of the molecule is Cc1cc(-n2cccc2)n[nH]1. The summed E-state index contributed by atoms with van der Waals surface area (Å²) >= 11 is 0. The van der Waals surface area contributed by atoms with Crippen molar-refractivity contribution < 1.29 is 0 Å². The molecule has 2 aromatic heterocycles. The zero-order valence-electron chi connectivity index (χ0n) is 6.28. The van der Waals surface area contributed by atoms with Crippen LogP contribution >= 0.6 is 0 Å². The molecular formula is C8H9N3. The van der Waals surface area contributed by atoms with Gasteiger partial charge in [0.05, 0.1) is 0 Å². The molecule has 3 heteroatoms. The topological polar surface area (TPSA) is 33.6 Å². The summed E-state index contributed by atoms with van der Waals surface area (Å²) in [5.74, 6) is 0.938. The average Bonchev–Trinajstić information content (AvgIpc) is 2.55. The van der Waals surface area contributed by atoms with E-state index in [9.17, 15) is 0 Å². The van der Waals surface area contributed by atoms with Crippen LogP contribution in [0.4, 0.5) is 0 Å². The standard InChI is InChI=1S/C8H9N3/c1-7-6-8(10-9-7)11-4-2-3-5-11/h2-6H,1H3,(H,9,10). The van der Waals surface area contributed by atoms with Gasteiger partial charge in [0.1, 0.15) is 0 Å². The lowest BCUT2D eigenvalue weighted by Crippen LogP contribution is -1.88. The molecule has 2 aromatic rings. The van der Waals surface area contributed by atoms with E-state index in [4.69, 9.17) is 0 Å². The molecule has 0 bridgehead atoms. The summed E-state index contributed by atoms with van der Waals surface area (Å²) in [6, 6.07) is 5.95. The van der Waals surface area contributed by atoms with Gasteiger partial charge in [-0.05, 0) is 19.1 Å². The van der Waals surface area contributed by atoms with Gasteiger partial charge in [-0.1, -0.05) is 0 Å². The lowest BCUT2D eigenvalue weighted by Gasteiger charge is -1.92. The van der Waals surface area contributed by atoms with Crippen molar-refractivity contribution in [2.24, 2.45) is 0 Å². The van der Waals surface area contributed by atoms with Crippen LogP contribution in [0.3, 0.4) is 0 Å². The van der Waals surface area contributed by atoms with Gasteiger partial charge in [0.25, 0.3) is 0 Å². The van der Waals surface area contributed by atoms with Crippen molar-refractivity contribution in [3.8, 4) is 5.82 Å². The smallest absolute Gasteiger partial charge is 0.158 e. The molecule has 11 heavy (non-hydrogen) atoms. The van der Waals surface area contributed by atoms with E-state index in [0.29, 0.717) is 0 Å². The second kappa shape index (κ2) is 2.27. The predicted octanol–water partition coefficient (Wildman–Crippen LogP) is 1.51. The van der Waals surface area contributed by atoms with E-state index in [1.54, 1.807) is 0 Å². The molecule has 0 fully saturated rings. The molecule has 0 saturated heterocycles. The lowest BCUT2D eigenvalue weighted by molar-refractivity contribution is 0.956. The molecule has 1 N–H and O–H groups in total. The Bertz CT molecular complexity index is 332. The highest BCUT2D eigenvalue weighted by Crippen LogP contribution is 2.04. The largest absolute Gasteiger partial charge is 0.307 e. The van der Waals surface area contributed by atoms with Crippen LogP contribution in [0.5, 0.6) is 0 Å². The number of rotatable bonds is 1. The molecule has 0 spiro atoms.